The molecule has 0 unspecified atom stereocenters. The molecule has 0 aliphatic carbocycles. The minimum Gasteiger partial charge on any atom is -0.489 e. The highest BCUT2D eigenvalue weighted by Gasteiger charge is 2.16. The lowest BCUT2D eigenvalue weighted by Gasteiger charge is -2.24. The molecule has 0 aromatic heterocycles. The predicted octanol–water partition coefficient (Wildman–Crippen LogP) is 2.78. The Morgan fingerprint density at radius 3 is 2.68 bits per heavy atom. The summed E-state index contributed by atoms with van der Waals surface area (Å²) in [6, 6.07) is 5.45. The van der Waals surface area contributed by atoms with Crippen molar-refractivity contribution in [3.8, 4) is 5.75 Å². The molecule has 0 saturated carbocycles. The van der Waals surface area contributed by atoms with E-state index < -0.39 is 5.97 Å². The van der Waals surface area contributed by atoms with Crippen LogP contribution < -0.4 is 10.1 Å². The molecule has 2 rings (SSSR count). The van der Waals surface area contributed by atoms with Gasteiger partial charge in [-0.3, -0.25) is 4.79 Å². The number of ether oxygens (including phenoxy) is 1. The van der Waals surface area contributed by atoms with E-state index in [1.807, 2.05) is 12.1 Å². The van der Waals surface area contributed by atoms with E-state index >= 15 is 0 Å². The molecule has 0 atom stereocenters. The van der Waals surface area contributed by atoms with E-state index in [0.717, 1.165) is 41.7 Å². The van der Waals surface area contributed by atoms with Gasteiger partial charge in [0, 0.05) is 0 Å². The summed E-state index contributed by atoms with van der Waals surface area (Å²) in [5.41, 5.74) is 0.770. The quantitative estimate of drug-likeness (QED) is 0.824. The Morgan fingerprint density at radius 2 is 2.11 bits per heavy atom. The number of hydrogen-bond acceptors (Lipinski definition) is 3. The maximum absolute atomic E-state index is 10.6. The Kier molecular flexibility index (Phi) is 6.82. The lowest BCUT2D eigenvalue weighted by atomic mass is 10.1. The van der Waals surface area contributed by atoms with Crippen LogP contribution in [0.4, 0.5) is 0 Å². The summed E-state index contributed by atoms with van der Waals surface area (Å²) in [7, 11) is 0. The first kappa shape index (κ1) is 16.5. The van der Waals surface area contributed by atoms with Crippen LogP contribution in [0.3, 0.4) is 0 Å². The summed E-state index contributed by atoms with van der Waals surface area (Å²) in [5, 5.41) is 12.0. The Bertz CT molecular complexity index is 434. The SMILES string of the molecule is Br.O=C(O)Cc1ccc(OC2CCNCC2)c(Br)c1. The fourth-order valence-corrected chi connectivity index (χ4v) is 2.54. The number of aliphatic carboxylic acids is 1. The highest BCUT2D eigenvalue weighted by atomic mass is 79.9. The Hall–Kier alpha value is -0.590. The topological polar surface area (TPSA) is 58.6 Å². The Morgan fingerprint density at radius 1 is 1.42 bits per heavy atom. The predicted molar refractivity (Wildman–Crippen MR) is 82.3 cm³/mol. The van der Waals surface area contributed by atoms with E-state index in [2.05, 4.69) is 21.2 Å². The molecule has 1 fully saturated rings. The van der Waals surface area contributed by atoms with Gasteiger partial charge < -0.3 is 15.2 Å². The zero-order chi connectivity index (χ0) is 13.0. The van der Waals surface area contributed by atoms with Crippen molar-refractivity contribution in [3.63, 3.8) is 0 Å². The van der Waals surface area contributed by atoms with Crippen LogP contribution in [-0.4, -0.2) is 30.3 Å². The second-order valence-corrected chi connectivity index (χ2v) is 5.26. The van der Waals surface area contributed by atoms with Crippen molar-refractivity contribution in [1.82, 2.24) is 5.32 Å². The monoisotopic (exact) mass is 393 g/mol. The molecule has 1 saturated heterocycles. The molecule has 2 N–H and O–H groups in total. The maximum atomic E-state index is 10.6. The van der Waals surface area contributed by atoms with Crippen molar-refractivity contribution in [3.05, 3.63) is 28.2 Å². The summed E-state index contributed by atoms with van der Waals surface area (Å²) in [4.78, 5) is 10.6. The third-order valence-electron chi connectivity index (χ3n) is 2.93. The first-order valence-electron chi connectivity index (χ1n) is 6.03. The first-order chi connectivity index (χ1) is 8.65. The van der Waals surface area contributed by atoms with Gasteiger partial charge in [-0.05, 0) is 59.6 Å². The van der Waals surface area contributed by atoms with E-state index in [1.165, 1.54) is 0 Å². The number of halogens is 2. The molecule has 6 heteroatoms. The van der Waals surface area contributed by atoms with Gasteiger partial charge in [0.2, 0.25) is 0 Å². The molecule has 1 aliphatic heterocycles. The maximum Gasteiger partial charge on any atom is 0.307 e. The number of piperidine rings is 1. The minimum absolute atomic E-state index is 0. The standard InChI is InChI=1S/C13H16BrNO3.BrH/c14-11-7-9(8-13(16)17)1-2-12(11)18-10-3-5-15-6-4-10;/h1-2,7,10,15H,3-6,8H2,(H,16,17);1H. The number of carbonyl (C=O) groups is 1. The van der Waals surface area contributed by atoms with Gasteiger partial charge in [0.25, 0.3) is 0 Å². The van der Waals surface area contributed by atoms with Crippen LogP contribution in [0.25, 0.3) is 0 Å². The molecule has 0 spiro atoms. The largest absolute Gasteiger partial charge is 0.489 e. The van der Waals surface area contributed by atoms with Gasteiger partial charge in [-0.1, -0.05) is 6.07 Å². The Labute approximate surface area is 131 Å². The molecule has 0 amide bonds. The highest BCUT2D eigenvalue weighted by Crippen LogP contribution is 2.28. The van der Waals surface area contributed by atoms with Gasteiger partial charge >= 0.3 is 5.97 Å². The van der Waals surface area contributed by atoms with Crippen molar-refractivity contribution in [2.45, 2.75) is 25.4 Å². The molecule has 19 heavy (non-hydrogen) atoms. The van der Waals surface area contributed by atoms with Crippen LogP contribution in [0.1, 0.15) is 18.4 Å². The van der Waals surface area contributed by atoms with Gasteiger partial charge in [-0.25, -0.2) is 0 Å². The molecule has 1 aromatic rings. The number of carboxylic acid groups (broad SMARTS) is 1. The molecule has 4 nitrogen and oxygen atoms in total. The second kappa shape index (κ2) is 7.87. The van der Waals surface area contributed by atoms with Crippen molar-refractivity contribution in [1.29, 1.82) is 0 Å². The third-order valence-corrected chi connectivity index (χ3v) is 3.55. The molecule has 1 aliphatic rings. The summed E-state index contributed by atoms with van der Waals surface area (Å²) < 4.78 is 6.73. The average molecular weight is 395 g/mol. The van der Waals surface area contributed by atoms with E-state index in [1.54, 1.807) is 6.07 Å². The fraction of sp³-hybridized carbons (Fsp3) is 0.462. The zero-order valence-corrected chi connectivity index (χ0v) is 13.7. The summed E-state index contributed by atoms with van der Waals surface area (Å²) in [5.74, 6) is -0.0371. The number of nitrogens with one attached hydrogen (secondary N) is 1. The molecule has 1 aromatic carbocycles. The third kappa shape index (κ3) is 5.12. The zero-order valence-electron chi connectivity index (χ0n) is 10.4. The average Bonchev–Trinajstić information content (AvgIpc) is 2.33. The van der Waals surface area contributed by atoms with Crippen LogP contribution in [0.2, 0.25) is 0 Å². The number of benzene rings is 1. The van der Waals surface area contributed by atoms with Crippen molar-refractivity contribution >= 4 is 38.9 Å². The van der Waals surface area contributed by atoms with Crippen LogP contribution >= 0.6 is 32.9 Å². The molecule has 1 heterocycles. The minimum atomic E-state index is -0.825. The van der Waals surface area contributed by atoms with Crippen LogP contribution in [0.15, 0.2) is 22.7 Å². The van der Waals surface area contributed by atoms with E-state index in [-0.39, 0.29) is 29.5 Å². The van der Waals surface area contributed by atoms with Crippen molar-refractivity contribution < 1.29 is 14.6 Å². The molecule has 106 valence electrons. The smallest absolute Gasteiger partial charge is 0.307 e. The van der Waals surface area contributed by atoms with Crippen LogP contribution in [0, 0.1) is 0 Å². The van der Waals surface area contributed by atoms with Crippen molar-refractivity contribution in [2.75, 3.05) is 13.1 Å². The lowest BCUT2D eigenvalue weighted by molar-refractivity contribution is -0.136. The van der Waals surface area contributed by atoms with Gasteiger partial charge in [0.05, 0.1) is 10.9 Å². The molecule has 0 bridgehead atoms. The lowest BCUT2D eigenvalue weighted by Crippen LogP contribution is -2.34. The van der Waals surface area contributed by atoms with E-state index in [4.69, 9.17) is 9.84 Å². The van der Waals surface area contributed by atoms with Gasteiger partial charge in [0.1, 0.15) is 11.9 Å². The van der Waals surface area contributed by atoms with E-state index in [9.17, 15) is 4.79 Å². The normalized spacial score (nSPS) is 15.6. The Balaban J connectivity index is 0.00000180. The summed E-state index contributed by atoms with van der Waals surface area (Å²) in [6.07, 6.45) is 2.28. The molecule has 0 radical (unpaired) electrons. The number of hydrogen-bond donors (Lipinski definition) is 2. The highest BCUT2D eigenvalue weighted by molar-refractivity contribution is 9.10. The second-order valence-electron chi connectivity index (χ2n) is 4.40. The number of carboxylic acids is 1. The fourth-order valence-electron chi connectivity index (χ4n) is 2.02. The first-order valence-corrected chi connectivity index (χ1v) is 6.82. The number of rotatable bonds is 4. The van der Waals surface area contributed by atoms with E-state index in [0.29, 0.717) is 0 Å². The summed E-state index contributed by atoms with van der Waals surface area (Å²) >= 11 is 3.43. The van der Waals surface area contributed by atoms with Crippen LogP contribution in [0.5, 0.6) is 5.75 Å². The molecular weight excluding hydrogens is 378 g/mol. The van der Waals surface area contributed by atoms with Gasteiger partial charge in [-0.2, -0.15) is 0 Å². The summed E-state index contributed by atoms with van der Waals surface area (Å²) in [6.45, 7) is 1.97. The van der Waals surface area contributed by atoms with Gasteiger partial charge in [0.15, 0.2) is 0 Å². The van der Waals surface area contributed by atoms with Gasteiger partial charge in [-0.15, -0.1) is 17.0 Å². The molecular formula is C13H17Br2NO3. The van der Waals surface area contributed by atoms with Crippen LogP contribution in [-0.2, 0) is 11.2 Å². The van der Waals surface area contributed by atoms with Crippen molar-refractivity contribution in [2.24, 2.45) is 0 Å².